The van der Waals surface area contributed by atoms with E-state index in [1.54, 1.807) is 24.4 Å². The summed E-state index contributed by atoms with van der Waals surface area (Å²) >= 11 is 0. The van der Waals surface area contributed by atoms with Crippen molar-refractivity contribution in [2.75, 3.05) is 5.73 Å². The molecule has 0 aliphatic carbocycles. The highest BCUT2D eigenvalue weighted by Crippen LogP contribution is 2.33. The molecule has 0 aliphatic heterocycles. The summed E-state index contributed by atoms with van der Waals surface area (Å²) in [5, 5.41) is 0.900. The van der Waals surface area contributed by atoms with Gasteiger partial charge < -0.3 is 5.73 Å². The lowest BCUT2D eigenvalue weighted by atomic mass is 9.99. The number of rotatable bonds is 1. The molecule has 0 spiro atoms. The minimum absolute atomic E-state index is 0.314. The van der Waals surface area contributed by atoms with Gasteiger partial charge in [-0.25, -0.2) is 4.39 Å². The quantitative estimate of drug-likeness (QED) is 0.657. The highest BCUT2D eigenvalue weighted by atomic mass is 19.1. The fourth-order valence-electron chi connectivity index (χ4n) is 2.14. The Balaban J connectivity index is 2.39. The Labute approximate surface area is 104 Å². The molecule has 1 aromatic heterocycles. The third-order valence-electron chi connectivity index (χ3n) is 2.96. The molecule has 0 unspecified atom stereocenters. The second kappa shape index (κ2) is 4.11. The van der Waals surface area contributed by atoms with E-state index in [1.165, 1.54) is 6.07 Å². The van der Waals surface area contributed by atoms with Crippen molar-refractivity contribution in [3.05, 3.63) is 60.5 Å². The van der Waals surface area contributed by atoms with Gasteiger partial charge in [0.2, 0.25) is 0 Å². The molecule has 0 atom stereocenters. The Morgan fingerprint density at radius 1 is 0.944 bits per heavy atom. The maximum absolute atomic E-state index is 14.0. The molecule has 1 heterocycles. The monoisotopic (exact) mass is 238 g/mol. The molecule has 3 heteroatoms. The van der Waals surface area contributed by atoms with Gasteiger partial charge in [-0.15, -0.1) is 0 Å². The van der Waals surface area contributed by atoms with Crippen LogP contribution in [0, 0.1) is 5.82 Å². The predicted octanol–water partition coefficient (Wildman–Crippen LogP) is 3.62. The first-order valence-corrected chi connectivity index (χ1v) is 5.65. The maximum atomic E-state index is 14.0. The molecule has 0 bridgehead atoms. The van der Waals surface area contributed by atoms with Crippen molar-refractivity contribution < 1.29 is 4.39 Å². The fourth-order valence-corrected chi connectivity index (χ4v) is 2.14. The number of nitrogen functional groups attached to an aromatic ring is 1. The van der Waals surface area contributed by atoms with Crippen LogP contribution in [0.5, 0.6) is 0 Å². The van der Waals surface area contributed by atoms with Crippen LogP contribution in [-0.4, -0.2) is 4.98 Å². The molecule has 2 aromatic carbocycles. The van der Waals surface area contributed by atoms with E-state index in [9.17, 15) is 4.39 Å². The number of hydrogen-bond acceptors (Lipinski definition) is 2. The zero-order valence-corrected chi connectivity index (χ0v) is 9.60. The number of nitrogens with two attached hydrogens (primary N) is 1. The number of para-hydroxylation sites is 1. The fraction of sp³-hybridized carbons (Fsp3) is 0. The second-order valence-corrected chi connectivity index (χ2v) is 4.08. The minimum Gasteiger partial charge on any atom is -0.398 e. The zero-order chi connectivity index (χ0) is 12.5. The van der Waals surface area contributed by atoms with E-state index < -0.39 is 0 Å². The summed E-state index contributed by atoms with van der Waals surface area (Å²) in [6, 6.07) is 14.1. The van der Waals surface area contributed by atoms with Crippen LogP contribution in [0.15, 0.2) is 54.7 Å². The van der Waals surface area contributed by atoms with E-state index in [-0.39, 0.29) is 5.82 Å². The number of fused-ring (bicyclic) bond motifs is 1. The molecular formula is C15H11FN2. The van der Waals surface area contributed by atoms with Crippen molar-refractivity contribution in [1.82, 2.24) is 4.98 Å². The number of halogens is 1. The lowest BCUT2D eigenvalue weighted by molar-refractivity contribution is 0.632. The van der Waals surface area contributed by atoms with Crippen LogP contribution < -0.4 is 5.73 Å². The summed E-state index contributed by atoms with van der Waals surface area (Å²) in [5.74, 6) is -0.314. The van der Waals surface area contributed by atoms with Crippen LogP contribution in [0.4, 0.5) is 10.1 Å². The molecule has 2 nitrogen and oxygen atoms in total. The van der Waals surface area contributed by atoms with Crippen LogP contribution in [0.3, 0.4) is 0 Å². The molecule has 0 amide bonds. The molecular weight excluding hydrogens is 227 g/mol. The third kappa shape index (κ3) is 1.61. The SMILES string of the molecule is Nc1cccc(F)c1-c1ccnc2ccccc12. The first-order valence-electron chi connectivity index (χ1n) is 5.65. The summed E-state index contributed by atoms with van der Waals surface area (Å²) in [6.45, 7) is 0. The molecule has 0 radical (unpaired) electrons. The minimum atomic E-state index is -0.314. The van der Waals surface area contributed by atoms with Gasteiger partial charge in [-0.1, -0.05) is 24.3 Å². The Morgan fingerprint density at radius 3 is 2.61 bits per heavy atom. The van der Waals surface area contributed by atoms with Gasteiger partial charge in [-0.05, 0) is 29.8 Å². The highest BCUT2D eigenvalue weighted by molar-refractivity contribution is 5.97. The molecule has 3 rings (SSSR count). The molecule has 88 valence electrons. The van der Waals surface area contributed by atoms with Gasteiger partial charge in [0.25, 0.3) is 0 Å². The summed E-state index contributed by atoms with van der Waals surface area (Å²) in [6.07, 6.45) is 1.67. The Bertz CT molecular complexity index is 697. The molecule has 2 N–H and O–H groups in total. The maximum Gasteiger partial charge on any atom is 0.133 e. The zero-order valence-electron chi connectivity index (χ0n) is 9.60. The lowest BCUT2D eigenvalue weighted by Crippen LogP contribution is -1.94. The number of pyridine rings is 1. The average Bonchev–Trinajstić information content (AvgIpc) is 2.39. The number of nitrogens with zero attached hydrogens (tertiary/aromatic N) is 1. The van der Waals surface area contributed by atoms with Gasteiger partial charge in [0, 0.05) is 22.8 Å². The van der Waals surface area contributed by atoms with Gasteiger partial charge in [-0.3, -0.25) is 4.98 Å². The third-order valence-corrected chi connectivity index (χ3v) is 2.96. The van der Waals surface area contributed by atoms with Gasteiger partial charge in [0.15, 0.2) is 0 Å². The molecule has 3 aromatic rings. The first-order chi connectivity index (χ1) is 8.77. The molecule has 0 fully saturated rings. The van der Waals surface area contributed by atoms with Crippen molar-refractivity contribution in [2.24, 2.45) is 0 Å². The summed E-state index contributed by atoms with van der Waals surface area (Å²) in [7, 11) is 0. The number of hydrogen-bond donors (Lipinski definition) is 1. The molecule has 18 heavy (non-hydrogen) atoms. The largest absolute Gasteiger partial charge is 0.398 e. The normalized spacial score (nSPS) is 10.7. The smallest absolute Gasteiger partial charge is 0.133 e. The van der Waals surface area contributed by atoms with E-state index in [0.717, 1.165) is 16.5 Å². The molecule has 0 saturated heterocycles. The standard InChI is InChI=1S/C15H11FN2/c16-12-5-3-6-13(17)15(12)11-8-9-18-14-7-2-1-4-10(11)14/h1-9H,17H2. The summed E-state index contributed by atoms with van der Waals surface area (Å²) < 4.78 is 14.0. The van der Waals surface area contributed by atoms with Crippen LogP contribution >= 0.6 is 0 Å². The van der Waals surface area contributed by atoms with E-state index >= 15 is 0 Å². The topological polar surface area (TPSA) is 38.9 Å². The van der Waals surface area contributed by atoms with Crippen molar-refractivity contribution in [1.29, 1.82) is 0 Å². The second-order valence-electron chi connectivity index (χ2n) is 4.08. The van der Waals surface area contributed by atoms with Crippen molar-refractivity contribution in [3.8, 4) is 11.1 Å². The van der Waals surface area contributed by atoms with Crippen LogP contribution in [-0.2, 0) is 0 Å². The average molecular weight is 238 g/mol. The highest BCUT2D eigenvalue weighted by Gasteiger charge is 2.11. The predicted molar refractivity (Wildman–Crippen MR) is 71.5 cm³/mol. The molecule has 0 aliphatic rings. The first kappa shape index (κ1) is 10.7. The molecule has 0 saturated carbocycles. The van der Waals surface area contributed by atoms with Crippen molar-refractivity contribution in [2.45, 2.75) is 0 Å². The van der Waals surface area contributed by atoms with Crippen molar-refractivity contribution >= 4 is 16.6 Å². The Morgan fingerprint density at radius 2 is 1.78 bits per heavy atom. The van der Waals surface area contributed by atoms with Gasteiger partial charge in [0.05, 0.1) is 5.52 Å². The van der Waals surface area contributed by atoms with Gasteiger partial charge in [-0.2, -0.15) is 0 Å². The Kier molecular flexibility index (Phi) is 2.45. The van der Waals surface area contributed by atoms with Gasteiger partial charge in [0.1, 0.15) is 5.82 Å². The van der Waals surface area contributed by atoms with Crippen LogP contribution in [0.2, 0.25) is 0 Å². The van der Waals surface area contributed by atoms with Crippen LogP contribution in [0.1, 0.15) is 0 Å². The van der Waals surface area contributed by atoms with E-state index in [4.69, 9.17) is 5.73 Å². The Hall–Kier alpha value is -2.42. The summed E-state index contributed by atoms with van der Waals surface area (Å²) in [5.41, 5.74) is 8.37. The number of anilines is 1. The van der Waals surface area contributed by atoms with Crippen molar-refractivity contribution in [3.63, 3.8) is 0 Å². The lowest BCUT2D eigenvalue weighted by Gasteiger charge is -2.09. The van der Waals surface area contributed by atoms with Gasteiger partial charge >= 0.3 is 0 Å². The van der Waals surface area contributed by atoms with E-state index in [2.05, 4.69) is 4.98 Å². The van der Waals surface area contributed by atoms with E-state index in [1.807, 2.05) is 24.3 Å². The summed E-state index contributed by atoms with van der Waals surface area (Å²) in [4.78, 5) is 4.26. The van der Waals surface area contributed by atoms with E-state index in [0.29, 0.717) is 11.3 Å². The number of aromatic nitrogens is 1. The van der Waals surface area contributed by atoms with Crippen LogP contribution in [0.25, 0.3) is 22.0 Å². The number of benzene rings is 2.